The molecule has 1 N–H and O–H groups in total. The summed E-state index contributed by atoms with van der Waals surface area (Å²) in [6.07, 6.45) is 7.13. The van der Waals surface area contributed by atoms with Crippen LogP contribution in [0.4, 0.5) is 0 Å². The van der Waals surface area contributed by atoms with E-state index in [0.29, 0.717) is 11.5 Å². The molecule has 4 aliphatic heterocycles. The Bertz CT molecular complexity index is 441. The number of aliphatic imine (C=N–C) groups is 1. The minimum atomic E-state index is 0. The molecule has 0 aromatic heterocycles. The number of likely N-dealkylation sites (tertiary alicyclic amines) is 1. The maximum absolute atomic E-state index is 5.06. The number of rotatable bonds is 3. The SMILES string of the molecule is CCNC(=NCC1CN2CCN1CC2)N1CCC2(CCCC2)C1.I. The Morgan fingerprint density at radius 2 is 1.83 bits per heavy atom. The molecule has 4 saturated heterocycles. The van der Waals surface area contributed by atoms with E-state index in [9.17, 15) is 0 Å². The third kappa shape index (κ3) is 3.85. The zero-order valence-electron chi connectivity index (χ0n) is 15.2. The molecule has 4 heterocycles. The average Bonchev–Trinajstić information content (AvgIpc) is 3.23. The number of nitrogens with one attached hydrogen (secondary N) is 1. The Morgan fingerprint density at radius 1 is 1.08 bits per heavy atom. The molecular formula is C18H34IN5. The van der Waals surface area contributed by atoms with Gasteiger partial charge in [-0.1, -0.05) is 12.8 Å². The zero-order valence-corrected chi connectivity index (χ0v) is 17.5. The second kappa shape index (κ2) is 8.08. The monoisotopic (exact) mass is 447 g/mol. The minimum absolute atomic E-state index is 0. The summed E-state index contributed by atoms with van der Waals surface area (Å²) in [5.41, 5.74) is 0.620. The number of halogens is 1. The molecule has 2 bridgehead atoms. The third-order valence-corrected chi connectivity index (χ3v) is 6.58. The van der Waals surface area contributed by atoms with Gasteiger partial charge in [0.05, 0.1) is 6.54 Å². The Morgan fingerprint density at radius 3 is 2.46 bits per heavy atom. The number of hydrogen-bond acceptors (Lipinski definition) is 3. The topological polar surface area (TPSA) is 34.1 Å². The molecule has 5 nitrogen and oxygen atoms in total. The lowest BCUT2D eigenvalue weighted by Crippen LogP contribution is -2.62. The fourth-order valence-electron chi connectivity index (χ4n) is 5.16. The van der Waals surface area contributed by atoms with E-state index in [1.165, 1.54) is 83.9 Å². The molecule has 6 heteroatoms. The summed E-state index contributed by atoms with van der Waals surface area (Å²) in [6.45, 7) is 12.8. The predicted octanol–water partition coefficient (Wildman–Crippen LogP) is 1.84. The highest BCUT2D eigenvalue weighted by Crippen LogP contribution is 2.45. The first kappa shape index (κ1) is 18.7. The van der Waals surface area contributed by atoms with E-state index in [0.717, 1.165) is 13.1 Å². The van der Waals surface area contributed by atoms with Crippen molar-refractivity contribution in [3.63, 3.8) is 0 Å². The molecular weight excluding hydrogens is 413 g/mol. The van der Waals surface area contributed by atoms with Crippen molar-refractivity contribution in [1.29, 1.82) is 0 Å². The molecule has 0 aromatic carbocycles. The Balaban J connectivity index is 0.00000169. The van der Waals surface area contributed by atoms with Gasteiger partial charge in [-0.3, -0.25) is 14.8 Å². The third-order valence-electron chi connectivity index (χ3n) is 6.58. The van der Waals surface area contributed by atoms with Crippen molar-refractivity contribution in [1.82, 2.24) is 20.0 Å². The normalized spacial score (nSPS) is 34.6. The van der Waals surface area contributed by atoms with Crippen molar-refractivity contribution in [2.24, 2.45) is 10.4 Å². The summed E-state index contributed by atoms with van der Waals surface area (Å²) >= 11 is 0. The van der Waals surface area contributed by atoms with Crippen LogP contribution in [0.1, 0.15) is 39.0 Å². The number of guanidine groups is 1. The molecule has 0 amide bonds. The maximum atomic E-state index is 5.06. The van der Waals surface area contributed by atoms with Crippen LogP contribution in [0.15, 0.2) is 4.99 Å². The zero-order chi connectivity index (χ0) is 15.7. The largest absolute Gasteiger partial charge is 0.357 e. The van der Waals surface area contributed by atoms with Crippen LogP contribution in [0.25, 0.3) is 0 Å². The number of fused-ring (bicyclic) bond motifs is 3. The molecule has 1 spiro atoms. The molecule has 1 saturated carbocycles. The summed E-state index contributed by atoms with van der Waals surface area (Å²) in [7, 11) is 0. The van der Waals surface area contributed by atoms with E-state index >= 15 is 0 Å². The van der Waals surface area contributed by atoms with Crippen LogP contribution in [0.5, 0.6) is 0 Å². The van der Waals surface area contributed by atoms with Gasteiger partial charge in [0.15, 0.2) is 5.96 Å². The lowest BCUT2D eigenvalue weighted by molar-refractivity contribution is 0.0173. The lowest BCUT2D eigenvalue weighted by Gasteiger charge is -2.47. The van der Waals surface area contributed by atoms with E-state index in [1.807, 2.05) is 0 Å². The Kier molecular flexibility index (Phi) is 6.30. The molecule has 0 radical (unpaired) electrons. The quantitative estimate of drug-likeness (QED) is 0.407. The van der Waals surface area contributed by atoms with Gasteiger partial charge in [0.25, 0.3) is 0 Å². The Labute approximate surface area is 164 Å². The molecule has 1 aliphatic carbocycles. The van der Waals surface area contributed by atoms with E-state index in [1.54, 1.807) is 0 Å². The highest BCUT2D eigenvalue weighted by molar-refractivity contribution is 14.0. The summed E-state index contributed by atoms with van der Waals surface area (Å²) < 4.78 is 0. The smallest absolute Gasteiger partial charge is 0.193 e. The molecule has 24 heavy (non-hydrogen) atoms. The predicted molar refractivity (Wildman–Crippen MR) is 110 cm³/mol. The van der Waals surface area contributed by atoms with E-state index < -0.39 is 0 Å². The molecule has 5 rings (SSSR count). The van der Waals surface area contributed by atoms with Crippen molar-refractivity contribution in [2.45, 2.75) is 45.1 Å². The van der Waals surface area contributed by atoms with Crippen molar-refractivity contribution < 1.29 is 0 Å². The molecule has 5 aliphatic rings. The molecule has 1 atom stereocenters. The number of hydrogen-bond donors (Lipinski definition) is 1. The van der Waals surface area contributed by atoms with Crippen LogP contribution in [-0.4, -0.2) is 85.6 Å². The highest BCUT2D eigenvalue weighted by atomic mass is 127. The summed E-state index contributed by atoms with van der Waals surface area (Å²) in [5.74, 6) is 1.17. The van der Waals surface area contributed by atoms with Crippen molar-refractivity contribution in [2.75, 3.05) is 58.9 Å². The molecule has 1 unspecified atom stereocenters. The minimum Gasteiger partial charge on any atom is -0.357 e. The molecule has 5 fully saturated rings. The number of nitrogens with zero attached hydrogens (tertiary/aromatic N) is 4. The summed E-state index contributed by atoms with van der Waals surface area (Å²) in [5, 5.41) is 3.56. The van der Waals surface area contributed by atoms with Gasteiger partial charge in [0.2, 0.25) is 0 Å². The first-order valence-electron chi connectivity index (χ1n) is 9.78. The van der Waals surface area contributed by atoms with Gasteiger partial charge in [0.1, 0.15) is 0 Å². The van der Waals surface area contributed by atoms with Gasteiger partial charge >= 0.3 is 0 Å². The first-order chi connectivity index (χ1) is 11.3. The average molecular weight is 447 g/mol. The van der Waals surface area contributed by atoms with Gasteiger partial charge in [-0.15, -0.1) is 24.0 Å². The van der Waals surface area contributed by atoms with Gasteiger partial charge in [0, 0.05) is 58.4 Å². The van der Waals surface area contributed by atoms with Gasteiger partial charge < -0.3 is 10.2 Å². The molecule has 138 valence electrons. The Hall–Kier alpha value is -0.0800. The maximum Gasteiger partial charge on any atom is 0.193 e. The second-order valence-electron chi connectivity index (χ2n) is 8.06. The summed E-state index contributed by atoms with van der Waals surface area (Å²) in [6, 6.07) is 0.634. The van der Waals surface area contributed by atoms with Crippen molar-refractivity contribution in [3.05, 3.63) is 0 Å². The van der Waals surface area contributed by atoms with Crippen LogP contribution in [0.3, 0.4) is 0 Å². The van der Waals surface area contributed by atoms with Gasteiger partial charge in [-0.25, -0.2) is 0 Å². The molecule has 0 aromatic rings. The van der Waals surface area contributed by atoms with E-state index in [2.05, 4.69) is 26.9 Å². The number of piperazine rings is 3. The highest BCUT2D eigenvalue weighted by Gasteiger charge is 2.41. The van der Waals surface area contributed by atoms with Crippen LogP contribution < -0.4 is 5.32 Å². The standard InChI is InChI=1S/C18H33N5.HI/c1-2-19-17(23-8-7-18(15-23)5-3-4-6-18)20-13-16-14-21-9-11-22(16)12-10-21;/h16H,2-15H2,1H3,(H,19,20);1H. The van der Waals surface area contributed by atoms with Crippen LogP contribution >= 0.6 is 24.0 Å². The van der Waals surface area contributed by atoms with Crippen LogP contribution in [-0.2, 0) is 0 Å². The second-order valence-corrected chi connectivity index (χ2v) is 8.06. The fourth-order valence-corrected chi connectivity index (χ4v) is 5.16. The van der Waals surface area contributed by atoms with Crippen LogP contribution in [0.2, 0.25) is 0 Å². The van der Waals surface area contributed by atoms with Gasteiger partial charge in [-0.2, -0.15) is 0 Å². The van der Waals surface area contributed by atoms with Gasteiger partial charge in [-0.05, 0) is 31.6 Å². The summed E-state index contributed by atoms with van der Waals surface area (Å²) in [4.78, 5) is 12.9. The van der Waals surface area contributed by atoms with E-state index in [-0.39, 0.29) is 24.0 Å². The lowest BCUT2D eigenvalue weighted by atomic mass is 9.86. The van der Waals surface area contributed by atoms with Crippen molar-refractivity contribution in [3.8, 4) is 0 Å². The van der Waals surface area contributed by atoms with E-state index in [4.69, 9.17) is 4.99 Å². The van der Waals surface area contributed by atoms with Crippen molar-refractivity contribution >= 4 is 29.9 Å². The van der Waals surface area contributed by atoms with Crippen LogP contribution in [0, 0.1) is 5.41 Å². The first-order valence-corrected chi connectivity index (χ1v) is 9.78. The fraction of sp³-hybridized carbons (Fsp3) is 0.944.